The summed E-state index contributed by atoms with van der Waals surface area (Å²) in [5.74, 6) is 3.37. The molecular weight excluding hydrogens is 824 g/mol. The van der Waals surface area contributed by atoms with Gasteiger partial charge in [0, 0.05) is 79.7 Å². The van der Waals surface area contributed by atoms with E-state index in [9.17, 15) is 4.79 Å². The molecule has 1 saturated carbocycles. The number of terminal acetylenes is 1. The molecule has 12 nitrogen and oxygen atoms in total. The fourth-order valence-corrected chi connectivity index (χ4v) is 9.22. The highest BCUT2D eigenvalue weighted by Gasteiger charge is 2.36. The number of pyridine rings is 1. The van der Waals surface area contributed by atoms with Crippen LogP contribution in [0.2, 0.25) is 0 Å². The number of ether oxygens (including phenoxy) is 4. The second-order valence-corrected chi connectivity index (χ2v) is 18.0. The Morgan fingerprint density at radius 3 is 2.48 bits per heavy atom. The van der Waals surface area contributed by atoms with Gasteiger partial charge in [-0.3, -0.25) is 9.78 Å². The second kappa shape index (κ2) is 19.2. The maximum Gasteiger partial charge on any atom is 0.324 e. The van der Waals surface area contributed by atoms with Crippen LogP contribution in [0.5, 0.6) is 17.5 Å². The predicted octanol–water partition coefficient (Wildman–Crippen LogP) is 10.9. The number of hydrogen-bond acceptors (Lipinski definition) is 11. The number of carbonyl (C=O) groups excluding carboxylic acids is 1. The van der Waals surface area contributed by atoms with Crippen LogP contribution >= 0.6 is 0 Å². The summed E-state index contributed by atoms with van der Waals surface area (Å²) >= 11 is 0. The lowest BCUT2D eigenvalue weighted by Crippen LogP contribution is -2.30. The van der Waals surface area contributed by atoms with Gasteiger partial charge in [-0.15, -0.1) is 6.42 Å². The average Bonchev–Trinajstić information content (AvgIpc) is 3.95. The van der Waals surface area contributed by atoms with E-state index in [1.165, 1.54) is 20.8 Å². The Kier molecular flexibility index (Phi) is 13.4. The number of hydrogen-bond donors (Lipinski definition) is 1. The van der Waals surface area contributed by atoms with E-state index in [-0.39, 0.29) is 30.6 Å². The van der Waals surface area contributed by atoms with Crippen molar-refractivity contribution in [3.63, 3.8) is 0 Å². The SMILES string of the molecule is C#Cc1ccc(COc2c(-c3c(C)c(F)cc4c3cnn4C3CCCCO3)c(C3CC3)cc3c(N4CC(C)C[C@H]4CC)nc(Oc4cnccc4CC)nc23)cc1.CC(=O)OC(C)(C)O. The minimum absolute atomic E-state index is 0.214. The summed E-state index contributed by atoms with van der Waals surface area (Å²) in [6, 6.07) is 14.2. The van der Waals surface area contributed by atoms with Crippen molar-refractivity contribution in [2.45, 2.75) is 130 Å². The number of esters is 1. The van der Waals surface area contributed by atoms with Crippen molar-refractivity contribution in [2.75, 3.05) is 18.1 Å². The lowest BCUT2D eigenvalue weighted by atomic mass is 9.88. The Balaban J connectivity index is 0.000000660. The number of benzene rings is 3. The maximum absolute atomic E-state index is 16.5. The molecule has 3 aromatic heterocycles. The monoisotopic (exact) mass is 882 g/mol. The van der Waals surface area contributed by atoms with Gasteiger partial charge in [-0.2, -0.15) is 15.1 Å². The molecule has 5 heterocycles. The number of anilines is 1. The van der Waals surface area contributed by atoms with Crippen LogP contribution in [0.1, 0.15) is 126 Å². The largest absolute Gasteiger partial charge is 0.486 e. The molecule has 0 radical (unpaired) electrons. The Labute approximate surface area is 380 Å². The molecule has 3 atom stereocenters. The minimum Gasteiger partial charge on any atom is -0.486 e. The van der Waals surface area contributed by atoms with Crippen LogP contribution < -0.4 is 14.4 Å². The first-order valence-electron chi connectivity index (χ1n) is 22.9. The van der Waals surface area contributed by atoms with E-state index >= 15 is 4.39 Å². The smallest absolute Gasteiger partial charge is 0.324 e. The Hall–Kier alpha value is -6.10. The van der Waals surface area contributed by atoms with E-state index in [4.69, 9.17) is 40.8 Å². The molecule has 2 aliphatic heterocycles. The van der Waals surface area contributed by atoms with Gasteiger partial charge in [-0.25, -0.2) is 9.07 Å². The van der Waals surface area contributed by atoms with Crippen molar-refractivity contribution in [2.24, 2.45) is 5.92 Å². The minimum atomic E-state index is -1.33. The molecule has 65 heavy (non-hydrogen) atoms. The molecular formula is C52H59FN6O6. The molecule has 3 aromatic carbocycles. The molecule has 2 unspecified atom stereocenters. The molecule has 0 amide bonds. The lowest BCUT2D eigenvalue weighted by Gasteiger charge is -2.28. The molecule has 1 N–H and O–H groups in total. The summed E-state index contributed by atoms with van der Waals surface area (Å²) in [4.78, 5) is 27.3. The van der Waals surface area contributed by atoms with E-state index in [1.807, 2.05) is 48.1 Å². The lowest BCUT2D eigenvalue weighted by molar-refractivity contribution is -0.192. The van der Waals surface area contributed by atoms with Gasteiger partial charge in [-0.05, 0) is 117 Å². The van der Waals surface area contributed by atoms with E-state index < -0.39 is 11.8 Å². The fraction of sp³-hybridized carbons (Fsp3) is 0.442. The number of aryl methyl sites for hydroxylation is 1. The topological polar surface area (TPSA) is 134 Å². The molecule has 13 heteroatoms. The van der Waals surface area contributed by atoms with Crippen molar-refractivity contribution < 1.29 is 33.2 Å². The molecule has 0 bridgehead atoms. The van der Waals surface area contributed by atoms with Gasteiger partial charge in [0.2, 0.25) is 5.79 Å². The zero-order valence-corrected chi connectivity index (χ0v) is 38.5. The first kappa shape index (κ1) is 45.5. The molecule has 1 aliphatic carbocycles. The number of nitrogens with zero attached hydrogens (tertiary/aromatic N) is 6. The van der Waals surface area contributed by atoms with Crippen LogP contribution in [0.25, 0.3) is 32.9 Å². The van der Waals surface area contributed by atoms with Crippen LogP contribution in [0.3, 0.4) is 0 Å². The maximum atomic E-state index is 16.5. The third-order valence-electron chi connectivity index (χ3n) is 12.4. The predicted molar refractivity (Wildman–Crippen MR) is 249 cm³/mol. The van der Waals surface area contributed by atoms with Crippen molar-refractivity contribution in [3.8, 4) is 41.0 Å². The highest BCUT2D eigenvalue weighted by molar-refractivity contribution is 6.06. The summed E-state index contributed by atoms with van der Waals surface area (Å²) in [6.07, 6.45) is 18.5. The van der Waals surface area contributed by atoms with E-state index in [0.29, 0.717) is 46.7 Å². The van der Waals surface area contributed by atoms with Crippen LogP contribution in [-0.4, -0.2) is 60.8 Å². The van der Waals surface area contributed by atoms with E-state index in [1.54, 1.807) is 18.5 Å². The summed E-state index contributed by atoms with van der Waals surface area (Å²) < 4.78 is 42.6. The Bertz CT molecular complexity index is 2730. The van der Waals surface area contributed by atoms with Crippen molar-refractivity contribution in [1.82, 2.24) is 24.7 Å². The molecule has 0 spiro atoms. The highest BCUT2D eigenvalue weighted by Crippen LogP contribution is 2.54. The van der Waals surface area contributed by atoms with Crippen molar-refractivity contribution in [1.29, 1.82) is 0 Å². The zero-order valence-electron chi connectivity index (χ0n) is 38.5. The van der Waals surface area contributed by atoms with E-state index in [2.05, 4.69) is 47.4 Å². The van der Waals surface area contributed by atoms with Crippen LogP contribution in [0.15, 0.2) is 61.1 Å². The molecule has 340 valence electrons. The number of fused-ring (bicyclic) bond motifs is 2. The summed E-state index contributed by atoms with van der Waals surface area (Å²) in [6.45, 7) is 14.3. The van der Waals surface area contributed by atoms with Crippen LogP contribution in [0.4, 0.5) is 10.2 Å². The quantitative estimate of drug-likeness (QED) is 0.0715. The third kappa shape index (κ3) is 9.94. The molecule has 3 fully saturated rings. The standard InChI is InChI=1S/C47H49FN6O3.C5H10O3/c1-6-30-12-14-31(15-13-30)27-56-45-43(42-29(5)38(48)23-39-37(42)24-50-54(39)41-11-9-10-20-55-41)35(33-16-17-33)22-36-44(45)51-47(57-40-25-49-19-18-32(40)7-2)52-46(36)53-26-28(4)21-34(53)8-3;1-4(6)8-5(2,3)7/h1,12-15,18-19,22-25,28,33-34,41H,7-11,16-17,20-21,26-27H2,2-5H3;7H,1-3H3/t28?,34-,41?;/m1./s1. The first-order valence-corrected chi connectivity index (χ1v) is 22.9. The summed E-state index contributed by atoms with van der Waals surface area (Å²) in [5.41, 5.74) is 7.30. The van der Waals surface area contributed by atoms with Crippen LogP contribution in [0, 0.1) is 31.0 Å². The number of halogens is 1. The number of rotatable bonds is 12. The third-order valence-corrected chi connectivity index (χ3v) is 12.4. The van der Waals surface area contributed by atoms with Gasteiger partial charge < -0.3 is 29.0 Å². The Morgan fingerprint density at radius 2 is 1.83 bits per heavy atom. The van der Waals surface area contributed by atoms with E-state index in [0.717, 1.165) is 108 Å². The zero-order chi connectivity index (χ0) is 46.0. The average molecular weight is 883 g/mol. The normalized spacial score (nSPS) is 18.6. The van der Waals surface area contributed by atoms with Gasteiger partial charge in [0.05, 0.1) is 17.9 Å². The first-order chi connectivity index (χ1) is 31.3. The highest BCUT2D eigenvalue weighted by atomic mass is 19.1. The van der Waals surface area contributed by atoms with Crippen molar-refractivity contribution in [3.05, 3.63) is 94.7 Å². The molecule has 3 aliphatic rings. The van der Waals surface area contributed by atoms with Gasteiger partial charge in [0.1, 0.15) is 23.8 Å². The number of aliphatic hydroxyl groups is 1. The molecule has 9 rings (SSSR count). The Morgan fingerprint density at radius 1 is 1.05 bits per heavy atom. The number of aromatic nitrogens is 5. The number of carbonyl (C=O) groups is 1. The van der Waals surface area contributed by atoms with Gasteiger partial charge >= 0.3 is 12.0 Å². The van der Waals surface area contributed by atoms with Gasteiger partial charge in [0.15, 0.2) is 17.7 Å². The van der Waals surface area contributed by atoms with Crippen LogP contribution in [-0.2, 0) is 27.3 Å². The second-order valence-electron chi connectivity index (χ2n) is 18.0. The summed E-state index contributed by atoms with van der Waals surface area (Å²) in [7, 11) is 0. The summed E-state index contributed by atoms with van der Waals surface area (Å²) in [5, 5.41) is 15.4. The van der Waals surface area contributed by atoms with Gasteiger partial charge in [-0.1, -0.05) is 38.8 Å². The molecule has 2 saturated heterocycles. The molecule has 6 aromatic rings. The van der Waals surface area contributed by atoms with Crippen molar-refractivity contribution >= 4 is 33.6 Å². The fourth-order valence-electron chi connectivity index (χ4n) is 9.22. The van der Waals surface area contributed by atoms with Gasteiger partial charge in [0.25, 0.3) is 0 Å².